The maximum Gasteiger partial charge on any atom is 0.330 e. The van der Waals surface area contributed by atoms with E-state index in [1.54, 1.807) is 4.90 Å². The zero-order valence-electron chi connectivity index (χ0n) is 25.7. The molecule has 1 N–H and O–H groups in total. The highest BCUT2D eigenvalue weighted by molar-refractivity contribution is 6.07. The molecule has 3 atom stereocenters. The van der Waals surface area contributed by atoms with Crippen molar-refractivity contribution in [2.75, 3.05) is 39.3 Å². The average Bonchev–Trinajstić information content (AvgIpc) is 3.07. The summed E-state index contributed by atoms with van der Waals surface area (Å²) in [4.78, 5) is 57.6. The second-order valence-electron chi connectivity index (χ2n) is 12.3. The first-order chi connectivity index (χ1) is 21.5. The Bertz CT molecular complexity index is 1240. The number of hydrogen-bond donors (Lipinski definition) is 1. The van der Waals surface area contributed by atoms with Crippen molar-refractivity contribution in [1.82, 2.24) is 20.0 Å². The van der Waals surface area contributed by atoms with Crippen LogP contribution in [0.25, 0.3) is 0 Å². The highest BCUT2D eigenvalue weighted by atomic mass is 16.5. The van der Waals surface area contributed by atoms with Crippen LogP contribution in [0.5, 0.6) is 0 Å². The first-order valence-electron chi connectivity index (χ1n) is 16.4. The lowest BCUT2D eigenvalue weighted by atomic mass is 9.80. The Hall–Kier alpha value is -3.72. The van der Waals surface area contributed by atoms with Gasteiger partial charge >= 0.3 is 12.0 Å². The van der Waals surface area contributed by atoms with Crippen molar-refractivity contribution >= 4 is 23.8 Å². The number of nitrogens with zero attached hydrogens (tertiary/aromatic N) is 3. The summed E-state index contributed by atoms with van der Waals surface area (Å²) in [5.74, 6) is -0.800. The van der Waals surface area contributed by atoms with Crippen molar-refractivity contribution in [3.8, 4) is 0 Å². The zero-order valence-corrected chi connectivity index (χ0v) is 25.7. The largest absolute Gasteiger partial charge is 0.459 e. The van der Waals surface area contributed by atoms with Gasteiger partial charge in [0.1, 0.15) is 6.61 Å². The molecule has 2 aromatic rings. The number of rotatable bonds is 12. The molecule has 3 heterocycles. The third-order valence-corrected chi connectivity index (χ3v) is 9.27. The average molecular weight is 603 g/mol. The molecule has 0 saturated carbocycles. The highest BCUT2D eigenvalue weighted by Crippen LogP contribution is 2.35. The van der Waals surface area contributed by atoms with Gasteiger partial charge in [-0.15, -0.1) is 0 Å². The lowest BCUT2D eigenvalue weighted by Crippen LogP contribution is -2.69. The number of benzene rings is 2. The zero-order chi connectivity index (χ0) is 30.7. The van der Waals surface area contributed by atoms with Crippen LogP contribution in [-0.2, 0) is 32.1 Å². The predicted molar refractivity (Wildman–Crippen MR) is 167 cm³/mol. The fourth-order valence-corrected chi connectivity index (χ4v) is 6.60. The molecule has 9 nitrogen and oxygen atoms in total. The minimum Gasteiger partial charge on any atom is -0.459 e. The lowest BCUT2D eigenvalue weighted by molar-refractivity contribution is -0.171. The molecule has 2 unspecified atom stereocenters. The minimum absolute atomic E-state index is 0.0959. The van der Waals surface area contributed by atoms with Gasteiger partial charge in [0.2, 0.25) is 11.8 Å². The van der Waals surface area contributed by atoms with Crippen LogP contribution >= 0.6 is 0 Å². The van der Waals surface area contributed by atoms with Gasteiger partial charge in [-0.2, -0.15) is 0 Å². The molecule has 3 aliphatic heterocycles. The number of aryl methyl sites for hydroxylation is 1. The van der Waals surface area contributed by atoms with Crippen LogP contribution < -0.4 is 5.32 Å². The molecule has 44 heavy (non-hydrogen) atoms. The number of nitrogens with one attached hydrogen (secondary N) is 1. The first-order valence-corrected chi connectivity index (χ1v) is 16.4. The molecule has 0 radical (unpaired) electrons. The molecule has 9 heteroatoms. The number of likely N-dealkylation sites (tertiary alicyclic amines) is 1. The van der Waals surface area contributed by atoms with Crippen LogP contribution in [0.15, 0.2) is 60.7 Å². The van der Waals surface area contributed by atoms with E-state index in [1.807, 2.05) is 53.4 Å². The van der Waals surface area contributed by atoms with Gasteiger partial charge in [0.05, 0.1) is 5.92 Å². The second-order valence-corrected chi connectivity index (χ2v) is 12.3. The second kappa shape index (κ2) is 15.8. The molecule has 5 rings (SSSR count). The summed E-state index contributed by atoms with van der Waals surface area (Å²) in [5.41, 5.74) is 2.17. The van der Waals surface area contributed by atoms with E-state index in [9.17, 15) is 19.2 Å². The minimum atomic E-state index is -0.911. The quantitative estimate of drug-likeness (QED) is 0.220. The predicted octanol–water partition coefficient (Wildman–Crippen LogP) is 4.40. The van der Waals surface area contributed by atoms with E-state index in [2.05, 4.69) is 17.4 Å². The highest BCUT2D eigenvalue weighted by Gasteiger charge is 2.56. The summed E-state index contributed by atoms with van der Waals surface area (Å²) in [5, 5.41) is 3.41. The van der Waals surface area contributed by atoms with Gasteiger partial charge in [0, 0.05) is 32.6 Å². The molecule has 3 aliphatic rings. The van der Waals surface area contributed by atoms with Gasteiger partial charge in [-0.1, -0.05) is 67.1 Å². The number of piperazine rings is 1. The van der Waals surface area contributed by atoms with Crippen LogP contribution in [0.1, 0.15) is 62.5 Å². The number of carbonyl (C=O) groups excluding carboxylic acids is 4. The molecule has 0 aliphatic carbocycles. The maximum atomic E-state index is 13.6. The van der Waals surface area contributed by atoms with Crippen LogP contribution in [0.2, 0.25) is 0 Å². The number of unbranched alkanes of at least 4 members (excludes halogenated alkanes) is 2. The topological polar surface area (TPSA) is 99.3 Å². The number of ether oxygens (including phenoxy) is 1. The van der Waals surface area contributed by atoms with Crippen molar-refractivity contribution < 1.29 is 23.9 Å². The Labute approximate surface area is 260 Å². The van der Waals surface area contributed by atoms with Gasteiger partial charge in [-0.3, -0.25) is 9.59 Å². The molecule has 0 aromatic heterocycles. The van der Waals surface area contributed by atoms with Crippen molar-refractivity contribution in [2.24, 2.45) is 11.8 Å². The third kappa shape index (κ3) is 8.25. The van der Waals surface area contributed by atoms with Crippen molar-refractivity contribution in [3.63, 3.8) is 0 Å². The van der Waals surface area contributed by atoms with Gasteiger partial charge < -0.3 is 19.9 Å². The standard InChI is InChI=1S/C35H46N4O5/c40-31(17-9-3-6-13-27-11-4-1-5-12-27)37-21-23-38(24-22-37)35(43)39-32(34(42)44-26-29-14-7-2-8-15-29)30(33(39)41)19-18-28-16-10-20-36-25-28/h1-2,4-5,7-8,11-12,14-15,28,30,32,36H,3,6,9-10,13,16-26H2/t28?,30-,32?/m1/s1. The summed E-state index contributed by atoms with van der Waals surface area (Å²) < 4.78 is 5.63. The van der Waals surface area contributed by atoms with Gasteiger partial charge in [-0.05, 0) is 75.1 Å². The number of imide groups is 1. The Morgan fingerprint density at radius 1 is 0.818 bits per heavy atom. The van der Waals surface area contributed by atoms with Gasteiger partial charge in [0.15, 0.2) is 6.04 Å². The van der Waals surface area contributed by atoms with Crippen molar-refractivity contribution in [1.29, 1.82) is 0 Å². The molecule has 0 bridgehead atoms. The number of β-lactam (4-membered cyclic amide) rings is 1. The van der Waals surface area contributed by atoms with E-state index in [0.29, 0.717) is 44.9 Å². The normalized spacial score (nSPS) is 22.0. The van der Waals surface area contributed by atoms with Crippen LogP contribution in [-0.4, -0.2) is 83.8 Å². The number of carbonyl (C=O) groups is 4. The van der Waals surface area contributed by atoms with E-state index in [1.165, 1.54) is 5.56 Å². The molecule has 0 spiro atoms. The van der Waals surface area contributed by atoms with E-state index in [-0.39, 0.29) is 18.4 Å². The molecular formula is C35H46N4O5. The maximum absolute atomic E-state index is 13.6. The number of amides is 4. The fourth-order valence-electron chi connectivity index (χ4n) is 6.60. The fraction of sp³-hybridized carbons (Fsp3) is 0.543. The molecule has 236 valence electrons. The molecule has 2 aromatic carbocycles. The number of esters is 1. The summed E-state index contributed by atoms with van der Waals surface area (Å²) in [7, 11) is 0. The molecular weight excluding hydrogens is 556 g/mol. The SMILES string of the molecule is O=C(OCc1ccccc1)C1[C@@H](CCC2CCCNC2)C(=O)N1C(=O)N1CCN(C(=O)CCCCCc2ccccc2)CC1. The van der Waals surface area contributed by atoms with E-state index in [4.69, 9.17) is 4.74 Å². The number of hydrogen-bond acceptors (Lipinski definition) is 6. The van der Waals surface area contributed by atoms with E-state index in [0.717, 1.165) is 68.5 Å². The van der Waals surface area contributed by atoms with Crippen molar-refractivity contribution in [3.05, 3.63) is 71.8 Å². The number of urea groups is 1. The number of piperidine rings is 1. The monoisotopic (exact) mass is 602 g/mol. The lowest BCUT2D eigenvalue weighted by Gasteiger charge is -2.47. The Balaban J connectivity index is 1.10. The first kappa shape index (κ1) is 31.7. The Morgan fingerprint density at radius 2 is 1.50 bits per heavy atom. The Kier molecular flexibility index (Phi) is 11.4. The van der Waals surface area contributed by atoms with Crippen LogP contribution in [0.3, 0.4) is 0 Å². The molecule has 4 amide bonds. The van der Waals surface area contributed by atoms with Crippen molar-refractivity contribution in [2.45, 2.75) is 70.4 Å². The van der Waals surface area contributed by atoms with Gasteiger partial charge in [-0.25, -0.2) is 14.5 Å². The summed E-state index contributed by atoms with van der Waals surface area (Å²) >= 11 is 0. The van der Waals surface area contributed by atoms with Gasteiger partial charge in [0.25, 0.3) is 0 Å². The van der Waals surface area contributed by atoms with Crippen LogP contribution in [0.4, 0.5) is 4.79 Å². The summed E-state index contributed by atoms with van der Waals surface area (Å²) in [6.45, 7) is 3.57. The van der Waals surface area contributed by atoms with Crippen LogP contribution in [0, 0.1) is 11.8 Å². The summed E-state index contributed by atoms with van der Waals surface area (Å²) in [6, 6.07) is 18.4. The summed E-state index contributed by atoms with van der Waals surface area (Å²) in [6.07, 6.45) is 8.03. The third-order valence-electron chi connectivity index (χ3n) is 9.27. The smallest absolute Gasteiger partial charge is 0.330 e. The molecule has 3 fully saturated rings. The molecule has 3 saturated heterocycles. The Morgan fingerprint density at radius 3 is 2.18 bits per heavy atom. The van der Waals surface area contributed by atoms with E-state index >= 15 is 0 Å². The van der Waals surface area contributed by atoms with E-state index < -0.39 is 24.0 Å².